The van der Waals surface area contributed by atoms with Gasteiger partial charge in [-0.3, -0.25) is 9.69 Å². The number of nitrogens with one attached hydrogen (secondary N) is 1. The smallest absolute Gasteiger partial charge is 0.409 e. The summed E-state index contributed by atoms with van der Waals surface area (Å²) in [5, 5.41) is 12.2. The number of anilines is 1. The Bertz CT molecular complexity index is 736. The van der Waals surface area contributed by atoms with Gasteiger partial charge in [-0.2, -0.15) is 0 Å². The number of piperazine rings is 1. The predicted molar refractivity (Wildman–Crippen MR) is 97.7 cm³/mol. The molecule has 27 heavy (non-hydrogen) atoms. The van der Waals surface area contributed by atoms with Gasteiger partial charge in [0.05, 0.1) is 13.7 Å². The van der Waals surface area contributed by atoms with Crippen LogP contribution < -0.4 is 15.0 Å². The number of methoxy groups -OCH3 is 1. The van der Waals surface area contributed by atoms with Gasteiger partial charge in [-0.25, -0.2) is 14.5 Å². The second-order valence-corrected chi connectivity index (χ2v) is 6.98. The molecule has 0 radical (unpaired) electrons. The zero-order valence-electron chi connectivity index (χ0n) is 15.6. The van der Waals surface area contributed by atoms with E-state index in [0.717, 1.165) is 15.5 Å². The molecule has 0 spiro atoms. The van der Waals surface area contributed by atoms with E-state index in [1.165, 1.54) is 0 Å². The van der Waals surface area contributed by atoms with Crippen LogP contribution in [0.4, 0.5) is 15.3 Å². The van der Waals surface area contributed by atoms with Crippen molar-refractivity contribution in [3.05, 3.63) is 24.3 Å². The van der Waals surface area contributed by atoms with Crippen LogP contribution in [0, 0.1) is 5.92 Å². The van der Waals surface area contributed by atoms with Crippen molar-refractivity contribution in [2.75, 3.05) is 31.6 Å². The van der Waals surface area contributed by atoms with E-state index in [9.17, 15) is 19.5 Å². The van der Waals surface area contributed by atoms with Crippen molar-refractivity contribution in [1.82, 2.24) is 15.1 Å². The van der Waals surface area contributed by atoms with Crippen LogP contribution in [0.15, 0.2) is 24.3 Å². The average molecular weight is 376 g/mol. The van der Waals surface area contributed by atoms with Gasteiger partial charge in [-0.1, -0.05) is 13.8 Å². The number of nitrogens with zero attached hydrogens (tertiary/aromatic N) is 3. The Kier molecular flexibility index (Phi) is 5.11. The van der Waals surface area contributed by atoms with Gasteiger partial charge in [0.2, 0.25) is 0 Å². The topological polar surface area (TPSA) is 102 Å². The quantitative estimate of drug-likeness (QED) is 0.770. The first-order valence-corrected chi connectivity index (χ1v) is 8.85. The average Bonchev–Trinajstić information content (AvgIpc) is 2.95. The highest BCUT2D eigenvalue weighted by Gasteiger charge is 2.47. The summed E-state index contributed by atoms with van der Waals surface area (Å²) in [5.74, 6) is 0.252. The number of imide groups is 1. The molecular formula is C18H24N4O5. The number of carboxylic acid groups (broad SMARTS) is 1. The summed E-state index contributed by atoms with van der Waals surface area (Å²) < 4.78 is 5.16. The van der Waals surface area contributed by atoms with Crippen LogP contribution in [-0.4, -0.2) is 71.9 Å². The number of amides is 4. The molecule has 146 valence electrons. The van der Waals surface area contributed by atoms with Crippen molar-refractivity contribution in [1.29, 1.82) is 0 Å². The fourth-order valence-electron chi connectivity index (χ4n) is 3.48. The molecule has 1 aromatic carbocycles. The maximum atomic E-state index is 12.7. The fourth-order valence-corrected chi connectivity index (χ4v) is 3.48. The van der Waals surface area contributed by atoms with Crippen molar-refractivity contribution in [2.45, 2.75) is 26.1 Å². The van der Waals surface area contributed by atoms with Crippen LogP contribution >= 0.6 is 0 Å². The van der Waals surface area contributed by atoms with E-state index in [1.54, 1.807) is 7.11 Å². The van der Waals surface area contributed by atoms with Crippen LogP contribution in [0.3, 0.4) is 0 Å². The number of hydrogen-bond acceptors (Lipinski definition) is 5. The predicted octanol–water partition coefficient (Wildman–Crippen LogP) is 1.40. The Hall–Kier alpha value is -2.97. The molecule has 2 atom stereocenters. The molecule has 9 nitrogen and oxygen atoms in total. The lowest BCUT2D eigenvalue weighted by molar-refractivity contribution is -0.132. The van der Waals surface area contributed by atoms with Crippen LogP contribution in [0.2, 0.25) is 0 Å². The summed E-state index contributed by atoms with van der Waals surface area (Å²) in [4.78, 5) is 41.0. The fraction of sp³-hybridized carbons (Fsp3) is 0.500. The SMILES string of the molecule is COc1ccc(N2CCN(C(=O)O)C(N3C(=O)NC(C(C)C)C3=O)C2)cc1. The molecule has 2 heterocycles. The van der Waals surface area contributed by atoms with E-state index in [4.69, 9.17) is 4.74 Å². The van der Waals surface area contributed by atoms with Crippen LogP contribution in [0.1, 0.15) is 13.8 Å². The summed E-state index contributed by atoms with van der Waals surface area (Å²) >= 11 is 0. The standard InChI is InChI=1S/C18H24N4O5/c1-11(2)15-16(23)22(17(24)19-15)14-10-20(8-9-21(14)18(25)26)12-4-6-13(27-3)7-5-12/h4-7,11,14-15H,8-10H2,1-3H3,(H,19,24)(H,25,26). The minimum Gasteiger partial charge on any atom is -0.497 e. The Morgan fingerprint density at radius 3 is 2.41 bits per heavy atom. The number of carbonyl (C=O) groups excluding carboxylic acids is 2. The van der Waals surface area contributed by atoms with E-state index in [2.05, 4.69) is 5.32 Å². The molecule has 0 saturated carbocycles. The van der Waals surface area contributed by atoms with Crippen LogP contribution in [-0.2, 0) is 4.79 Å². The Balaban J connectivity index is 1.86. The van der Waals surface area contributed by atoms with Gasteiger partial charge in [0.1, 0.15) is 18.0 Å². The lowest BCUT2D eigenvalue weighted by atomic mass is 10.0. The third-order valence-corrected chi connectivity index (χ3v) is 5.00. The van der Waals surface area contributed by atoms with Crippen molar-refractivity contribution in [3.63, 3.8) is 0 Å². The van der Waals surface area contributed by atoms with Gasteiger partial charge < -0.3 is 20.1 Å². The van der Waals surface area contributed by atoms with Crippen LogP contribution in [0.5, 0.6) is 5.75 Å². The van der Waals surface area contributed by atoms with Crippen LogP contribution in [0.25, 0.3) is 0 Å². The molecule has 2 fully saturated rings. The highest BCUT2D eigenvalue weighted by Crippen LogP contribution is 2.26. The lowest BCUT2D eigenvalue weighted by Gasteiger charge is -2.43. The molecule has 0 aliphatic carbocycles. The molecule has 3 rings (SSSR count). The Labute approximate surface area is 157 Å². The molecule has 9 heteroatoms. The summed E-state index contributed by atoms with van der Waals surface area (Å²) in [6.45, 7) is 4.54. The molecule has 0 aromatic heterocycles. The van der Waals surface area contributed by atoms with Gasteiger partial charge in [0.25, 0.3) is 5.91 Å². The largest absolute Gasteiger partial charge is 0.497 e. The Morgan fingerprint density at radius 2 is 1.89 bits per heavy atom. The van der Waals surface area contributed by atoms with E-state index in [0.29, 0.717) is 12.3 Å². The number of hydrogen-bond donors (Lipinski definition) is 2. The summed E-state index contributed by atoms with van der Waals surface area (Å²) in [6, 6.07) is 6.19. The van der Waals surface area contributed by atoms with E-state index < -0.39 is 24.3 Å². The minimum absolute atomic E-state index is 0.0778. The molecule has 2 N–H and O–H groups in total. The summed E-state index contributed by atoms with van der Waals surface area (Å²) in [5.41, 5.74) is 0.873. The number of urea groups is 1. The highest BCUT2D eigenvalue weighted by molar-refractivity contribution is 6.04. The Morgan fingerprint density at radius 1 is 1.22 bits per heavy atom. The molecule has 0 bridgehead atoms. The molecule has 2 saturated heterocycles. The number of carbonyl (C=O) groups is 3. The minimum atomic E-state index is -1.15. The van der Waals surface area contributed by atoms with Crippen molar-refractivity contribution in [3.8, 4) is 5.75 Å². The number of ether oxygens (including phenoxy) is 1. The molecular weight excluding hydrogens is 352 g/mol. The third-order valence-electron chi connectivity index (χ3n) is 5.00. The van der Waals surface area contributed by atoms with Gasteiger partial charge in [-0.15, -0.1) is 0 Å². The van der Waals surface area contributed by atoms with Gasteiger partial charge >= 0.3 is 12.1 Å². The van der Waals surface area contributed by atoms with Crippen molar-refractivity contribution < 1.29 is 24.2 Å². The van der Waals surface area contributed by atoms with E-state index >= 15 is 0 Å². The molecule has 1 aromatic rings. The molecule has 4 amide bonds. The highest BCUT2D eigenvalue weighted by atomic mass is 16.5. The first-order valence-electron chi connectivity index (χ1n) is 8.85. The summed E-state index contributed by atoms with van der Waals surface area (Å²) in [7, 11) is 1.58. The van der Waals surface area contributed by atoms with Gasteiger partial charge in [0, 0.05) is 18.8 Å². The molecule has 2 aliphatic rings. The zero-order chi connectivity index (χ0) is 19.7. The van der Waals surface area contributed by atoms with Gasteiger partial charge in [0.15, 0.2) is 0 Å². The first kappa shape index (κ1) is 18.8. The second-order valence-electron chi connectivity index (χ2n) is 6.98. The summed E-state index contributed by atoms with van der Waals surface area (Å²) in [6.07, 6.45) is -2.03. The number of rotatable bonds is 4. The third kappa shape index (κ3) is 3.49. The van der Waals surface area contributed by atoms with Crippen molar-refractivity contribution in [2.24, 2.45) is 5.92 Å². The first-order chi connectivity index (χ1) is 12.8. The monoisotopic (exact) mass is 376 g/mol. The maximum absolute atomic E-state index is 12.7. The van der Waals surface area contributed by atoms with Gasteiger partial charge in [-0.05, 0) is 30.2 Å². The molecule has 2 aliphatic heterocycles. The number of benzene rings is 1. The van der Waals surface area contributed by atoms with E-state index in [-0.39, 0.29) is 24.9 Å². The normalized spacial score (nSPS) is 23.0. The lowest BCUT2D eigenvalue weighted by Crippen LogP contribution is -2.63. The molecule has 2 unspecified atom stereocenters. The second kappa shape index (κ2) is 7.34. The zero-order valence-corrected chi connectivity index (χ0v) is 15.6. The maximum Gasteiger partial charge on any atom is 0.409 e. The van der Waals surface area contributed by atoms with Crippen molar-refractivity contribution >= 4 is 23.7 Å². The van der Waals surface area contributed by atoms with E-state index in [1.807, 2.05) is 43.0 Å².